The maximum absolute atomic E-state index is 5.10. The highest BCUT2D eigenvalue weighted by atomic mass is 79.9. The fourth-order valence-corrected chi connectivity index (χ4v) is 2.23. The summed E-state index contributed by atoms with van der Waals surface area (Å²) in [5, 5.41) is 1.12. The molecule has 0 amide bonds. The van der Waals surface area contributed by atoms with Crippen molar-refractivity contribution in [2.24, 2.45) is 11.3 Å². The molecule has 0 aromatic heterocycles. The minimum atomic E-state index is 0.496. The third-order valence-corrected chi connectivity index (χ3v) is 4.03. The van der Waals surface area contributed by atoms with E-state index in [2.05, 4.69) is 22.9 Å². The predicted octanol–water partition coefficient (Wildman–Crippen LogP) is 2.83. The monoisotopic (exact) mass is 220 g/mol. The van der Waals surface area contributed by atoms with Crippen LogP contribution >= 0.6 is 15.9 Å². The highest BCUT2D eigenvalue weighted by Gasteiger charge is 2.39. The summed E-state index contributed by atoms with van der Waals surface area (Å²) in [6.45, 7) is 3.26. The topological polar surface area (TPSA) is 9.23 Å². The Balaban J connectivity index is 2.31. The first-order valence-electron chi connectivity index (χ1n) is 4.28. The van der Waals surface area contributed by atoms with Crippen LogP contribution in [0.5, 0.6) is 0 Å². The summed E-state index contributed by atoms with van der Waals surface area (Å²) in [5.74, 6) is 0.956. The Labute approximate surface area is 77.6 Å². The van der Waals surface area contributed by atoms with E-state index in [1.165, 1.54) is 19.3 Å². The fourth-order valence-electron chi connectivity index (χ4n) is 1.50. The van der Waals surface area contributed by atoms with Crippen LogP contribution < -0.4 is 0 Å². The zero-order chi connectivity index (χ0) is 8.32. The summed E-state index contributed by atoms with van der Waals surface area (Å²) < 4.78 is 5.10. The molecular formula is C9H17BrO. The number of hydrogen-bond acceptors (Lipinski definition) is 1. The quantitative estimate of drug-likeness (QED) is 0.648. The number of methoxy groups -OCH3 is 1. The maximum atomic E-state index is 5.10. The van der Waals surface area contributed by atoms with Crippen LogP contribution in [0.3, 0.4) is 0 Å². The van der Waals surface area contributed by atoms with Gasteiger partial charge in [-0.1, -0.05) is 22.9 Å². The van der Waals surface area contributed by atoms with Gasteiger partial charge in [0.1, 0.15) is 0 Å². The number of rotatable bonds is 5. The number of hydrogen-bond donors (Lipinski definition) is 0. The van der Waals surface area contributed by atoms with Crippen LogP contribution in [-0.2, 0) is 4.74 Å². The van der Waals surface area contributed by atoms with Crippen LogP contribution in [0.1, 0.15) is 26.2 Å². The van der Waals surface area contributed by atoms with Crippen molar-refractivity contribution >= 4 is 15.9 Å². The summed E-state index contributed by atoms with van der Waals surface area (Å²) >= 11 is 3.59. The van der Waals surface area contributed by atoms with Gasteiger partial charge in [0.15, 0.2) is 0 Å². The first-order valence-corrected chi connectivity index (χ1v) is 5.40. The third-order valence-electron chi connectivity index (χ3n) is 2.75. The molecule has 0 N–H and O–H groups in total. The Morgan fingerprint density at radius 2 is 2.18 bits per heavy atom. The molecule has 1 fully saturated rings. The Hall–Kier alpha value is 0.440. The van der Waals surface area contributed by atoms with Crippen molar-refractivity contribution in [2.45, 2.75) is 26.2 Å². The van der Waals surface area contributed by atoms with Crippen LogP contribution in [0.15, 0.2) is 0 Å². The molecule has 1 saturated carbocycles. The lowest BCUT2D eigenvalue weighted by Gasteiger charge is -2.26. The second-order valence-corrected chi connectivity index (χ2v) is 4.37. The number of alkyl halides is 1. The van der Waals surface area contributed by atoms with E-state index in [1.54, 1.807) is 7.11 Å². The van der Waals surface area contributed by atoms with E-state index in [0.717, 1.165) is 17.9 Å². The van der Waals surface area contributed by atoms with Gasteiger partial charge >= 0.3 is 0 Å². The van der Waals surface area contributed by atoms with Gasteiger partial charge in [-0.25, -0.2) is 0 Å². The largest absolute Gasteiger partial charge is 0.385 e. The van der Waals surface area contributed by atoms with Crippen LogP contribution in [0.2, 0.25) is 0 Å². The first-order chi connectivity index (χ1) is 5.23. The Kier molecular flexibility index (Phi) is 3.38. The zero-order valence-corrected chi connectivity index (χ0v) is 8.99. The van der Waals surface area contributed by atoms with Gasteiger partial charge in [0.2, 0.25) is 0 Å². The molecule has 1 rings (SSSR count). The van der Waals surface area contributed by atoms with Gasteiger partial charge in [-0.05, 0) is 30.6 Å². The molecule has 1 nitrogen and oxygen atoms in total. The van der Waals surface area contributed by atoms with E-state index in [1.807, 2.05) is 0 Å². The van der Waals surface area contributed by atoms with Crippen molar-refractivity contribution in [1.29, 1.82) is 0 Å². The molecule has 1 aliphatic carbocycles. The minimum absolute atomic E-state index is 0.496. The van der Waals surface area contributed by atoms with E-state index in [4.69, 9.17) is 4.74 Å². The van der Waals surface area contributed by atoms with Gasteiger partial charge in [-0.15, -0.1) is 0 Å². The van der Waals surface area contributed by atoms with Gasteiger partial charge in [0, 0.05) is 19.0 Å². The number of ether oxygens (including phenoxy) is 1. The van der Waals surface area contributed by atoms with E-state index in [9.17, 15) is 0 Å². The van der Waals surface area contributed by atoms with Crippen molar-refractivity contribution in [1.82, 2.24) is 0 Å². The van der Waals surface area contributed by atoms with Gasteiger partial charge in [0.05, 0.1) is 0 Å². The average molecular weight is 221 g/mol. The lowest BCUT2D eigenvalue weighted by Crippen LogP contribution is -2.22. The van der Waals surface area contributed by atoms with E-state index in [0.29, 0.717) is 5.41 Å². The second kappa shape index (κ2) is 3.90. The maximum Gasteiger partial charge on any atom is 0.0467 e. The van der Waals surface area contributed by atoms with Crippen LogP contribution in [0, 0.1) is 11.3 Å². The summed E-state index contributed by atoms with van der Waals surface area (Å²) in [4.78, 5) is 0. The summed E-state index contributed by atoms with van der Waals surface area (Å²) in [5.41, 5.74) is 0.496. The Morgan fingerprint density at radius 3 is 2.55 bits per heavy atom. The van der Waals surface area contributed by atoms with Gasteiger partial charge in [0.25, 0.3) is 0 Å². The van der Waals surface area contributed by atoms with E-state index in [-0.39, 0.29) is 0 Å². The predicted molar refractivity (Wildman–Crippen MR) is 51.1 cm³/mol. The minimum Gasteiger partial charge on any atom is -0.385 e. The molecule has 0 aromatic carbocycles. The van der Waals surface area contributed by atoms with Crippen molar-refractivity contribution in [3.8, 4) is 0 Å². The summed E-state index contributed by atoms with van der Waals surface area (Å²) in [7, 11) is 1.78. The number of halogens is 1. The smallest absolute Gasteiger partial charge is 0.0467 e. The molecule has 0 aromatic rings. The molecule has 0 saturated heterocycles. The molecule has 2 heteroatoms. The van der Waals surface area contributed by atoms with Crippen LogP contribution in [-0.4, -0.2) is 19.0 Å². The first kappa shape index (κ1) is 9.53. The molecule has 66 valence electrons. The second-order valence-electron chi connectivity index (χ2n) is 3.80. The van der Waals surface area contributed by atoms with Crippen LogP contribution in [0.4, 0.5) is 0 Å². The molecule has 11 heavy (non-hydrogen) atoms. The molecule has 0 spiro atoms. The third kappa shape index (κ3) is 2.45. The van der Waals surface area contributed by atoms with Crippen molar-refractivity contribution in [2.75, 3.05) is 19.0 Å². The lowest BCUT2D eigenvalue weighted by molar-refractivity contribution is 0.144. The Morgan fingerprint density at radius 1 is 1.55 bits per heavy atom. The molecule has 0 radical (unpaired) electrons. The zero-order valence-electron chi connectivity index (χ0n) is 7.40. The van der Waals surface area contributed by atoms with E-state index < -0.39 is 0 Å². The molecule has 1 aliphatic rings. The van der Waals surface area contributed by atoms with Crippen LogP contribution in [0.25, 0.3) is 0 Å². The summed E-state index contributed by atoms with van der Waals surface area (Å²) in [6, 6.07) is 0. The molecule has 1 atom stereocenters. The molecule has 1 unspecified atom stereocenters. The molecular weight excluding hydrogens is 204 g/mol. The highest BCUT2D eigenvalue weighted by Crippen LogP contribution is 2.48. The Bertz CT molecular complexity index is 123. The van der Waals surface area contributed by atoms with Crippen molar-refractivity contribution < 1.29 is 4.74 Å². The normalized spacial score (nSPS) is 23.2. The lowest BCUT2D eigenvalue weighted by atomic mass is 9.84. The standard InChI is InChI=1S/C9H17BrO/c1-9(7-10,5-6-11-2)8-3-4-8/h8H,3-7H2,1-2H3. The van der Waals surface area contributed by atoms with Crippen molar-refractivity contribution in [3.63, 3.8) is 0 Å². The molecule has 0 aliphatic heterocycles. The van der Waals surface area contributed by atoms with E-state index >= 15 is 0 Å². The average Bonchev–Trinajstić information content (AvgIpc) is 2.82. The van der Waals surface area contributed by atoms with Gasteiger partial charge in [-0.3, -0.25) is 0 Å². The SMILES string of the molecule is COCCC(C)(CBr)C1CC1. The van der Waals surface area contributed by atoms with Crippen molar-refractivity contribution in [3.05, 3.63) is 0 Å². The molecule has 0 bridgehead atoms. The summed E-state index contributed by atoms with van der Waals surface area (Å²) in [6.07, 6.45) is 4.04. The molecule has 0 heterocycles. The van der Waals surface area contributed by atoms with Gasteiger partial charge in [-0.2, -0.15) is 0 Å². The van der Waals surface area contributed by atoms with Gasteiger partial charge < -0.3 is 4.74 Å². The highest BCUT2D eigenvalue weighted by molar-refractivity contribution is 9.09. The fraction of sp³-hybridized carbons (Fsp3) is 1.00.